The Morgan fingerprint density at radius 1 is 1.32 bits per heavy atom. The van der Waals surface area contributed by atoms with Crippen molar-refractivity contribution < 1.29 is 19.3 Å². The van der Waals surface area contributed by atoms with E-state index in [1.54, 1.807) is 0 Å². The molecule has 2 heterocycles. The van der Waals surface area contributed by atoms with Gasteiger partial charge in [-0.05, 0) is 18.8 Å². The van der Waals surface area contributed by atoms with E-state index >= 15 is 0 Å². The molecule has 25 heavy (non-hydrogen) atoms. The second-order valence-corrected chi connectivity index (χ2v) is 8.52. The van der Waals surface area contributed by atoms with Crippen molar-refractivity contribution in [1.29, 1.82) is 0 Å². The molecule has 138 valence electrons. The number of nitrogens with one attached hydrogen (secondary N) is 1. The van der Waals surface area contributed by atoms with Crippen LogP contribution in [-0.2, 0) is 6.42 Å². The Bertz CT molecular complexity index is 697. The molecule has 0 radical (unpaired) electrons. The van der Waals surface area contributed by atoms with E-state index in [0.29, 0.717) is 17.9 Å². The summed E-state index contributed by atoms with van der Waals surface area (Å²) in [5, 5.41) is 12.9. The van der Waals surface area contributed by atoms with Gasteiger partial charge < -0.3 is 19.4 Å². The molecule has 0 bridgehead atoms. The van der Waals surface area contributed by atoms with Crippen LogP contribution in [0.25, 0.3) is 0 Å². The van der Waals surface area contributed by atoms with Crippen LogP contribution >= 0.6 is 0 Å². The van der Waals surface area contributed by atoms with Gasteiger partial charge in [0.1, 0.15) is 5.76 Å². The highest BCUT2D eigenvalue weighted by Gasteiger charge is 2.37. The molecule has 2 aliphatic rings. The quantitative estimate of drug-likeness (QED) is 0.628. The van der Waals surface area contributed by atoms with E-state index in [1.807, 2.05) is 18.9 Å². The second kappa shape index (κ2) is 6.48. The van der Waals surface area contributed by atoms with Crippen LogP contribution in [0.5, 0.6) is 0 Å². The summed E-state index contributed by atoms with van der Waals surface area (Å²) in [6, 6.07) is 0.264. The van der Waals surface area contributed by atoms with Crippen molar-refractivity contribution in [3.63, 3.8) is 0 Å². The summed E-state index contributed by atoms with van der Waals surface area (Å²) in [6.07, 6.45) is 3.46. The Morgan fingerprint density at radius 2 is 1.96 bits per heavy atom. The summed E-state index contributed by atoms with van der Waals surface area (Å²) in [7, 11) is 4.07. The van der Waals surface area contributed by atoms with Gasteiger partial charge in [-0.1, -0.05) is 19.0 Å². The van der Waals surface area contributed by atoms with E-state index in [0.717, 1.165) is 49.2 Å². The van der Waals surface area contributed by atoms with Gasteiger partial charge >= 0.3 is 0 Å². The zero-order valence-electron chi connectivity index (χ0n) is 16.0. The van der Waals surface area contributed by atoms with Gasteiger partial charge in [-0.2, -0.15) is 0 Å². The first-order valence-corrected chi connectivity index (χ1v) is 9.15. The van der Waals surface area contributed by atoms with Gasteiger partial charge in [-0.15, -0.1) is 0 Å². The van der Waals surface area contributed by atoms with Crippen LogP contribution < -0.4 is 4.90 Å². The lowest BCUT2D eigenvalue weighted by molar-refractivity contribution is -0.885. The zero-order chi connectivity index (χ0) is 18.4. The molecule has 1 aromatic rings. The minimum Gasteiger partial charge on any atom is -0.455 e. The average molecular weight is 348 g/mol. The summed E-state index contributed by atoms with van der Waals surface area (Å²) >= 11 is 0. The van der Waals surface area contributed by atoms with E-state index in [-0.39, 0.29) is 17.4 Å². The third-order valence-electron chi connectivity index (χ3n) is 5.79. The Labute approximate surface area is 149 Å². The number of nitrogens with zero attached hydrogens (tertiary/aromatic N) is 2. The summed E-state index contributed by atoms with van der Waals surface area (Å²) in [5.74, 6) is 1.11. The third-order valence-corrected chi connectivity index (χ3v) is 5.79. The molecule has 1 aromatic heterocycles. The number of carbonyl (C=O) groups excluding carboxylic acids is 1. The number of likely N-dealkylation sites (tertiary alicyclic amines) is 1. The number of amides is 1. The van der Waals surface area contributed by atoms with Crippen LogP contribution in [0.3, 0.4) is 0 Å². The summed E-state index contributed by atoms with van der Waals surface area (Å²) in [5.41, 5.74) is 2.21. The van der Waals surface area contributed by atoms with Crippen molar-refractivity contribution in [2.45, 2.75) is 52.5 Å². The van der Waals surface area contributed by atoms with Gasteiger partial charge in [-0.3, -0.25) is 4.79 Å². The number of quaternary nitrogens is 1. The van der Waals surface area contributed by atoms with Crippen LogP contribution in [0, 0.1) is 12.3 Å². The third kappa shape index (κ3) is 3.32. The molecule has 0 aromatic carbocycles. The van der Waals surface area contributed by atoms with Crippen LogP contribution in [-0.4, -0.2) is 55.0 Å². The van der Waals surface area contributed by atoms with Crippen molar-refractivity contribution in [1.82, 2.24) is 4.90 Å². The van der Waals surface area contributed by atoms with Crippen molar-refractivity contribution in [3.05, 3.63) is 22.6 Å². The molecular weight excluding hydrogens is 318 g/mol. The van der Waals surface area contributed by atoms with E-state index in [2.05, 4.69) is 26.1 Å². The van der Waals surface area contributed by atoms with Crippen LogP contribution in [0.4, 0.5) is 0 Å². The number of furan rings is 1. The minimum absolute atomic E-state index is 0.0399. The fraction of sp³-hybridized carbons (Fsp3) is 0.684. The van der Waals surface area contributed by atoms with Crippen LogP contribution in [0.2, 0.25) is 0 Å². The number of oxime groups is 1. The van der Waals surface area contributed by atoms with Crippen LogP contribution in [0.15, 0.2) is 9.57 Å². The van der Waals surface area contributed by atoms with Gasteiger partial charge in [-0.25, -0.2) is 0 Å². The molecule has 1 amide bonds. The van der Waals surface area contributed by atoms with Gasteiger partial charge in [0, 0.05) is 43.5 Å². The minimum atomic E-state index is -0.0634. The summed E-state index contributed by atoms with van der Waals surface area (Å²) in [6.45, 7) is 8.31. The number of rotatable bonds is 2. The Kier molecular flexibility index (Phi) is 4.66. The molecule has 0 unspecified atom stereocenters. The Morgan fingerprint density at radius 3 is 2.56 bits per heavy atom. The monoisotopic (exact) mass is 348 g/mol. The molecule has 2 N–H and O–H groups in total. The zero-order valence-corrected chi connectivity index (χ0v) is 16.0. The summed E-state index contributed by atoms with van der Waals surface area (Å²) in [4.78, 5) is 16.4. The van der Waals surface area contributed by atoms with E-state index < -0.39 is 0 Å². The number of carbonyl (C=O) groups is 1. The Balaban J connectivity index is 1.89. The summed E-state index contributed by atoms with van der Waals surface area (Å²) < 4.78 is 6.01. The average Bonchev–Trinajstić information content (AvgIpc) is 2.88. The maximum Gasteiger partial charge on any atom is 0.289 e. The van der Waals surface area contributed by atoms with Crippen molar-refractivity contribution in [3.8, 4) is 0 Å². The maximum absolute atomic E-state index is 13.0. The first-order valence-electron chi connectivity index (χ1n) is 9.15. The lowest BCUT2D eigenvalue weighted by Crippen LogP contribution is -3.10. The molecule has 1 fully saturated rings. The topological polar surface area (TPSA) is 70.5 Å². The van der Waals surface area contributed by atoms with Gasteiger partial charge in [0.05, 0.1) is 25.8 Å². The normalized spacial score (nSPS) is 27.2. The molecule has 0 spiro atoms. The predicted octanol–water partition coefficient (Wildman–Crippen LogP) is 1.49. The standard InChI is InChI=1S/C19H29N3O3/c1-12-16-14(20-24)10-19(2,3)11-15(16)25-17(12)18(23)22(5)13-6-8-21(4)9-7-13/h13,24H,6-11H2,1-5H3/p+1. The van der Waals surface area contributed by atoms with E-state index in [9.17, 15) is 10.0 Å². The molecule has 0 saturated carbocycles. The van der Waals surface area contributed by atoms with Crippen LogP contribution in [0.1, 0.15) is 60.6 Å². The van der Waals surface area contributed by atoms with E-state index in [1.165, 1.54) is 4.90 Å². The molecule has 3 rings (SSSR count). The smallest absolute Gasteiger partial charge is 0.289 e. The first kappa shape index (κ1) is 18.0. The number of piperidine rings is 1. The lowest BCUT2D eigenvalue weighted by Gasteiger charge is -2.32. The predicted molar refractivity (Wildman–Crippen MR) is 95.6 cm³/mol. The maximum atomic E-state index is 13.0. The van der Waals surface area contributed by atoms with Crippen molar-refractivity contribution in [2.24, 2.45) is 10.6 Å². The number of fused-ring (bicyclic) bond motifs is 1. The lowest BCUT2D eigenvalue weighted by atomic mass is 9.75. The molecule has 1 saturated heterocycles. The SMILES string of the molecule is Cc1c(C(=O)N(C)C2CC[NH+](C)CC2)oc2c1C(=NO)CC(C)(C)C2. The van der Waals surface area contributed by atoms with E-state index in [4.69, 9.17) is 4.42 Å². The van der Waals surface area contributed by atoms with Crippen molar-refractivity contribution >= 4 is 11.6 Å². The van der Waals surface area contributed by atoms with Gasteiger partial charge in [0.2, 0.25) is 0 Å². The number of hydrogen-bond acceptors (Lipinski definition) is 4. The highest BCUT2D eigenvalue weighted by Crippen LogP contribution is 2.39. The fourth-order valence-electron chi connectivity index (χ4n) is 4.21. The van der Waals surface area contributed by atoms with Gasteiger partial charge in [0.25, 0.3) is 5.91 Å². The molecule has 1 aliphatic carbocycles. The molecule has 6 nitrogen and oxygen atoms in total. The second-order valence-electron chi connectivity index (χ2n) is 8.52. The highest BCUT2D eigenvalue weighted by atomic mass is 16.4. The molecule has 1 aliphatic heterocycles. The molecule has 0 atom stereocenters. The largest absolute Gasteiger partial charge is 0.455 e. The number of hydrogen-bond donors (Lipinski definition) is 2. The highest BCUT2D eigenvalue weighted by molar-refractivity contribution is 6.06. The van der Waals surface area contributed by atoms with Crippen molar-refractivity contribution in [2.75, 3.05) is 27.2 Å². The van der Waals surface area contributed by atoms with Gasteiger partial charge in [0.15, 0.2) is 5.76 Å². The molecule has 6 heteroatoms. The fourth-order valence-corrected chi connectivity index (χ4v) is 4.21. The molecular formula is C19H30N3O3+. The first-order chi connectivity index (χ1) is 11.7. The Hall–Kier alpha value is -1.82.